The molecule has 1 unspecified atom stereocenters. The highest BCUT2D eigenvalue weighted by molar-refractivity contribution is 5.45. The molecule has 1 aliphatic carbocycles. The fourth-order valence-electron chi connectivity index (χ4n) is 3.85. The van der Waals surface area contributed by atoms with Crippen molar-refractivity contribution in [2.75, 3.05) is 13.7 Å². The van der Waals surface area contributed by atoms with Gasteiger partial charge in [-0.15, -0.1) is 0 Å². The molecule has 1 atom stereocenters. The highest BCUT2D eigenvalue weighted by atomic mass is 16.5. The molecule has 0 amide bonds. The average Bonchev–Trinajstić information content (AvgIpc) is 2.46. The van der Waals surface area contributed by atoms with Gasteiger partial charge in [0.2, 0.25) is 0 Å². The third-order valence-electron chi connectivity index (χ3n) is 4.98. The molecule has 1 aliphatic rings. The van der Waals surface area contributed by atoms with Crippen molar-refractivity contribution in [1.82, 2.24) is 5.32 Å². The van der Waals surface area contributed by atoms with E-state index in [2.05, 4.69) is 45.1 Å². The maximum atomic E-state index is 5.71. The lowest BCUT2D eigenvalue weighted by molar-refractivity contribution is 0.229. The molecule has 0 saturated heterocycles. The van der Waals surface area contributed by atoms with Crippen LogP contribution in [0.1, 0.15) is 62.3 Å². The summed E-state index contributed by atoms with van der Waals surface area (Å²) < 4.78 is 5.71. The fourth-order valence-corrected chi connectivity index (χ4v) is 3.85. The van der Waals surface area contributed by atoms with Crippen LogP contribution in [0, 0.1) is 25.7 Å². The lowest BCUT2D eigenvalue weighted by atomic mass is 9.76. The van der Waals surface area contributed by atoms with Gasteiger partial charge in [0.05, 0.1) is 7.11 Å². The Balaban J connectivity index is 2.33. The third-order valence-corrected chi connectivity index (χ3v) is 4.98. The minimum Gasteiger partial charge on any atom is -0.496 e. The van der Waals surface area contributed by atoms with Crippen molar-refractivity contribution in [2.24, 2.45) is 11.8 Å². The minimum absolute atomic E-state index is 0.429. The van der Waals surface area contributed by atoms with E-state index in [4.69, 9.17) is 4.74 Å². The number of hydrogen-bond donors (Lipinski definition) is 1. The predicted molar refractivity (Wildman–Crippen MR) is 90.0 cm³/mol. The highest BCUT2D eigenvalue weighted by Gasteiger charge is 2.29. The Kier molecular flexibility index (Phi) is 5.69. The SMILES string of the molecule is CCNC(c1c(C)cc(C)cc1OC)C1CCC(C)CC1. The zero-order chi connectivity index (χ0) is 15.4. The van der Waals surface area contributed by atoms with Gasteiger partial charge in [-0.1, -0.05) is 32.8 Å². The quantitative estimate of drug-likeness (QED) is 0.841. The molecule has 0 aliphatic heterocycles. The van der Waals surface area contributed by atoms with Crippen LogP contribution in [0.5, 0.6) is 5.75 Å². The van der Waals surface area contributed by atoms with Gasteiger partial charge in [0, 0.05) is 11.6 Å². The Morgan fingerprint density at radius 3 is 2.43 bits per heavy atom. The second kappa shape index (κ2) is 7.31. The van der Waals surface area contributed by atoms with Crippen molar-refractivity contribution in [3.05, 3.63) is 28.8 Å². The molecule has 1 saturated carbocycles. The summed E-state index contributed by atoms with van der Waals surface area (Å²) in [6.45, 7) is 9.96. The molecule has 1 fully saturated rings. The van der Waals surface area contributed by atoms with Crippen molar-refractivity contribution in [3.63, 3.8) is 0 Å². The van der Waals surface area contributed by atoms with E-state index in [0.717, 1.165) is 24.1 Å². The van der Waals surface area contributed by atoms with Crippen molar-refractivity contribution in [2.45, 2.75) is 59.4 Å². The van der Waals surface area contributed by atoms with Crippen LogP contribution in [-0.2, 0) is 0 Å². The number of ether oxygens (including phenoxy) is 1. The number of benzene rings is 1. The van der Waals surface area contributed by atoms with Crippen LogP contribution >= 0.6 is 0 Å². The molecule has 118 valence electrons. The van der Waals surface area contributed by atoms with Gasteiger partial charge in [-0.05, 0) is 62.3 Å². The number of rotatable bonds is 5. The van der Waals surface area contributed by atoms with E-state index in [9.17, 15) is 0 Å². The molecular weight excluding hydrogens is 258 g/mol. The maximum Gasteiger partial charge on any atom is 0.124 e. The Hall–Kier alpha value is -1.02. The first-order valence-corrected chi connectivity index (χ1v) is 8.45. The molecule has 0 bridgehead atoms. The summed E-state index contributed by atoms with van der Waals surface area (Å²) in [5, 5.41) is 3.74. The average molecular weight is 289 g/mol. The largest absolute Gasteiger partial charge is 0.496 e. The van der Waals surface area contributed by atoms with Crippen molar-refractivity contribution < 1.29 is 4.74 Å². The van der Waals surface area contributed by atoms with E-state index in [0.29, 0.717) is 6.04 Å². The first-order valence-electron chi connectivity index (χ1n) is 8.45. The van der Waals surface area contributed by atoms with Gasteiger partial charge in [0.15, 0.2) is 0 Å². The Morgan fingerprint density at radius 2 is 1.86 bits per heavy atom. The molecular formula is C19H31NO. The van der Waals surface area contributed by atoms with E-state index in [1.54, 1.807) is 7.11 Å². The summed E-state index contributed by atoms with van der Waals surface area (Å²) in [6, 6.07) is 4.89. The lowest BCUT2D eigenvalue weighted by Gasteiger charge is -2.35. The van der Waals surface area contributed by atoms with E-state index in [1.165, 1.54) is 42.4 Å². The van der Waals surface area contributed by atoms with Crippen LogP contribution < -0.4 is 10.1 Å². The summed E-state index contributed by atoms with van der Waals surface area (Å²) in [5.74, 6) is 2.68. The van der Waals surface area contributed by atoms with Gasteiger partial charge in [-0.2, -0.15) is 0 Å². The van der Waals surface area contributed by atoms with Gasteiger partial charge in [-0.25, -0.2) is 0 Å². The van der Waals surface area contributed by atoms with Crippen LogP contribution in [0.3, 0.4) is 0 Å². The lowest BCUT2D eigenvalue weighted by Crippen LogP contribution is -2.31. The first-order chi connectivity index (χ1) is 10.1. The van der Waals surface area contributed by atoms with Gasteiger partial charge in [0.1, 0.15) is 5.75 Å². The third kappa shape index (κ3) is 3.79. The van der Waals surface area contributed by atoms with Crippen LogP contribution in [0.2, 0.25) is 0 Å². The first kappa shape index (κ1) is 16.4. The molecule has 0 radical (unpaired) electrons. The highest BCUT2D eigenvalue weighted by Crippen LogP contribution is 2.41. The second-order valence-electron chi connectivity index (χ2n) is 6.75. The Bertz CT molecular complexity index is 461. The fraction of sp³-hybridized carbons (Fsp3) is 0.684. The summed E-state index contributed by atoms with van der Waals surface area (Å²) in [6.07, 6.45) is 5.38. The monoisotopic (exact) mass is 289 g/mol. The number of hydrogen-bond acceptors (Lipinski definition) is 2. The van der Waals surface area contributed by atoms with Crippen molar-refractivity contribution >= 4 is 0 Å². The molecule has 2 nitrogen and oxygen atoms in total. The molecule has 1 N–H and O–H groups in total. The summed E-state index contributed by atoms with van der Waals surface area (Å²) >= 11 is 0. The minimum atomic E-state index is 0.429. The van der Waals surface area contributed by atoms with Crippen LogP contribution in [0.4, 0.5) is 0 Å². The standard InChI is InChI=1S/C19H31NO/c1-6-20-19(16-9-7-13(2)8-10-16)18-15(4)11-14(3)12-17(18)21-5/h11-13,16,19-20H,6-10H2,1-5H3. The van der Waals surface area contributed by atoms with Crippen molar-refractivity contribution in [1.29, 1.82) is 0 Å². The molecule has 0 spiro atoms. The smallest absolute Gasteiger partial charge is 0.124 e. The van der Waals surface area contributed by atoms with E-state index in [1.807, 2.05) is 0 Å². The van der Waals surface area contributed by atoms with E-state index in [-0.39, 0.29) is 0 Å². The van der Waals surface area contributed by atoms with Crippen molar-refractivity contribution in [3.8, 4) is 5.75 Å². The number of nitrogens with one attached hydrogen (secondary N) is 1. The molecule has 0 heterocycles. The van der Waals surface area contributed by atoms with Crippen LogP contribution in [0.25, 0.3) is 0 Å². The second-order valence-corrected chi connectivity index (χ2v) is 6.75. The summed E-state index contributed by atoms with van der Waals surface area (Å²) in [7, 11) is 1.80. The van der Waals surface area contributed by atoms with E-state index < -0.39 is 0 Å². The molecule has 1 aromatic carbocycles. The summed E-state index contributed by atoms with van der Waals surface area (Å²) in [5.41, 5.74) is 4.02. The molecule has 1 aromatic rings. The molecule has 2 rings (SSSR count). The van der Waals surface area contributed by atoms with Gasteiger partial charge in [0.25, 0.3) is 0 Å². The molecule has 0 aromatic heterocycles. The van der Waals surface area contributed by atoms with Gasteiger partial charge < -0.3 is 10.1 Å². The Morgan fingerprint density at radius 1 is 1.19 bits per heavy atom. The zero-order valence-corrected chi connectivity index (χ0v) is 14.3. The van der Waals surface area contributed by atoms with Gasteiger partial charge >= 0.3 is 0 Å². The van der Waals surface area contributed by atoms with Crippen LogP contribution in [0.15, 0.2) is 12.1 Å². The Labute approximate surface area is 130 Å². The predicted octanol–water partition coefficient (Wildman–Crippen LogP) is 4.79. The number of aryl methyl sites for hydroxylation is 2. The topological polar surface area (TPSA) is 21.3 Å². The molecule has 2 heteroatoms. The van der Waals surface area contributed by atoms with Gasteiger partial charge in [-0.3, -0.25) is 0 Å². The molecule has 21 heavy (non-hydrogen) atoms. The maximum absolute atomic E-state index is 5.71. The zero-order valence-electron chi connectivity index (χ0n) is 14.3. The van der Waals surface area contributed by atoms with Crippen LogP contribution in [-0.4, -0.2) is 13.7 Å². The normalized spacial score (nSPS) is 23.9. The van der Waals surface area contributed by atoms with E-state index >= 15 is 0 Å². The number of methoxy groups -OCH3 is 1. The summed E-state index contributed by atoms with van der Waals surface area (Å²) in [4.78, 5) is 0.